The van der Waals surface area contributed by atoms with E-state index in [1.807, 2.05) is 48.6 Å². The highest BCUT2D eigenvalue weighted by Gasteiger charge is 2.16. The lowest BCUT2D eigenvalue weighted by Gasteiger charge is -2.13. The lowest BCUT2D eigenvalue weighted by atomic mass is 10.1. The molecule has 0 saturated heterocycles. The second-order valence-corrected chi connectivity index (χ2v) is 7.85. The van der Waals surface area contributed by atoms with Crippen LogP contribution in [0.2, 0.25) is 5.02 Å². The first kappa shape index (κ1) is 20.7. The molecule has 2 heterocycles. The molecule has 0 bridgehead atoms. The highest BCUT2D eigenvalue weighted by Crippen LogP contribution is 2.38. The van der Waals surface area contributed by atoms with Crippen LogP contribution < -0.4 is 10.1 Å². The lowest BCUT2D eigenvalue weighted by molar-refractivity contribution is 0.102. The van der Waals surface area contributed by atoms with E-state index in [4.69, 9.17) is 16.3 Å². The molecule has 154 valence electrons. The van der Waals surface area contributed by atoms with E-state index in [0.29, 0.717) is 27.0 Å². The largest absolute Gasteiger partial charge is 0.494 e. The molecule has 31 heavy (non-hydrogen) atoms. The first-order valence-corrected chi connectivity index (χ1v) is 10.5. The maximum atomic E-state index is 12.5. The van der Waals surface area contributed by atoms with Crippen LogP contribution in [-0.2, 0) is 0 Å². The highest BCUT2D eigenvalue weighted by atomic mass is 35.5. The Kier molecular flexibility index (Phi) is 6.35. The first-order chi connectivity index (χ1) is 15.1. The summed E-state index contributed by atoms with van der Waals surface area (Å²) >= 11 is 7.35. The van der Waals surface area contributed by atoms with Crippen molar-refractivity contribution >= 4 is 46.7 Å². The summed E-state index contributed by atoms with van der Waals surface area (Å²) in [5, 5.41) is 13.6. The number of benzene rings is 2. The maximum Gasteiger partial charge on any atom is 0.255 e. The highest BCUT2D eigenvalue weighted by molar-refractivity contribution is 7.15. The van der Waals surface area contributed by atoms with E-state index in [9.17, 15) is 4.79 Å². The van der Waals surface area contributed by atoms with Crippen LogP contribution in [-0.4, -0.2) is 28.2 Å². The summed E-state index contributed by atoms with van der Waals surface area (Å²) in [5.41, 5.74) is 2.82. The molecule has 0 aliphatic heterocycles. The number of carbonyl (C=O) groups excluding carboxylic acids is 1. The van der Waals surface area contributed by atoms with Crippen molar-refractivity contribution in [1.82, 2.24) is 15.2 Å². The summed E-state index contributed by atoms with van der Waals surface area (Å²) in [6, 6.07) is 16.3. The number of ether oxygens (including phenoxy) is 1. The van der Waals surface area contributed by atoms with Crippen LogP contribution >= 0.6 is 22.9 Å². The Bertz CT molecular complexity index is 1220. The first-order valence-electron chi connectivity index (χ1n) is 9.30. The Morgan fingerprint density at radius 1 is 1.03 bits per heavy atom. The smallest absolute Gasteiger partial charge is 0.255 e. The van der Waals surface area contributed by atoms with Gasteiger partial charge in [0, 0.05) is 23.0 Å². The molecule has 0 radical (unpaired) electrons. The zero-order chi connectivity index (χ0) is 21.6. The molecule has 0 fully saturated rings. The van der Waals surface area contributed by atoms with Crippen LogP contribution in [0.5, 0.6) is 5.75 Å². The van der Waals surface area contributed by atoms with Crippen molar-refractivity contribution in [2.75, 3.05) is 12.4 Å². The molecular formula is C23H17ClN4O2S. The number of para-hydroxylation sites is 1. The predicted molar refractivity (Wildman–Crippen MR) is 124 cm³/mol. The Morgan fingerprint density at radius 2 is 1.81 bits per heavy atom. The van der Waals surface area contributed by atoms with Gasteiger partial charge in [-0.3, -0.25) is 9.78 Å². The van der Waals surface area contributed by atoms with E-state index >= 15 is 0 Å². The van der Waals surface area contributed by atoms with Crippen LogP contribution in [0.15, 0.2) is 67.0 Å². The number of hydrogen-bond donors (Lipinski definition) is 1. The molecule has 4 aromatic rings. The summed E-state index contributed by atoms with van der Waals surface area (Å²) in [4.78, 5) is 16.5. The second-order valence-electron chi connectivity index (χ2n) is 6.41. The zero-order valence-corrected chi connectivity index (χ0v) is 18.0. The summed E-state index contributed by atoms with van der Waals surface area (Å²) in [7, 11) is 1.56. The van der Waals surface area contributed by atoms with Crippen molar-refractivity contribution < 1.29 is 9.53 Å². The molecule has 0 spiro atoms. The van der Waals surface area contributed by atoms with Crippen molar-refractivity contribution in [2.24, 2.45) is 0 Å². The third-order valence-corrected chi connectivity index (χ3v) is 5.54. The van der Waals surface area contributed by atoms with Gasteiger partial charge >= 0.3 is 0 Å². The van der Waals surface area contributed by atoms with Gasteiger partial charge in [-0.1, -0.05) is 47.2 Å². The number of anilines is 1. The number of aromatic nitrogens is 3. The number of nitrogens with one attached hydrogen (secondary N) is 1. The maximum absolute atomic E-state index is 12.5. The number of rotatable bonds is 6. The van der Waals surface area contributed by atoms with Crippen LogP contribution in [0.1, 0.15) is 20.9 Å². The van der Waals surface area contributed by atoms with Gasteiger partial charge in [-0.15, -0.1) is 10.2 Å². The SMILES string of the molecule is COc1c(NC(=O)c2ccncc2)cccc1-c1nnc(/C=C/c2ccc(Cl)cc2)s1. The monoisotopic (exact) mass is 448 g/mol. The standard InChI is InChI=1S/C23H17ClN4O2S/c1-30-21-18(3-2-4-19(21)26-22(29)16-11-13-25-14-12-16)23-28-27-20(31-23)10-7-15-5-8-17(24)9-6-15/h2-14H,1H3,(H,26,29)/b10-7+. The third kappa shape index (κ3) is 4.96. The fourth-order valence-corrected chi connectivity index (χ4v) is 3.77. The zero-order valence-electron chi connectivity index (χ0n) is 16.4. The van der Waals surface area contributed by atoms with Gasteiger partial charge in [-0.25, -0.2) is 0 Å². The fourth-order valence-electron chi connectivity index (χ4n) is 2.87. The van der Waals surface area contributed by atoms with E-state index in [1.54, 1.807) is 37.7 Å². The fraction of sp³-hybridized carbons (Fsp3) is 0.0435. The molecular weight excluding hydrogens is 432 g/mol. The molecule has 2 aromatic carbocycles. The van der Waals surface area contributed by atoms with Gasteiger partial charge in [0.1, 0.15) is 5.01 Å². The van der Waals surface area contributed by atoms with Gasteiger partial charge in [0.05, 0.1) is 18.4 Å². The number of pyridine rings is 1. The number of carbonyl (C=O) groups is 1. The number of halogens is 1. The number of methoxy groups -OCH3 is 1. The minimum absolute atomic E-state index is 0.248. The molecule has 6 nitrogen and oxygen atoms in total. The van der Waals surface area contributed by atoms with Gasteiger partial charge in [-0.05, 0) is 48.0 Å². The Balaban J connectivity index is 1.58. The molecule has 0 aliphatic carbocycles. The molecule has 2 aromatic heterocycles. The Morgan fingerprint density at radius 3 is 2.55 bits per heavy atom. The number of nitrogens with zero attached hydrogens (tertiary/aromatic N) is 3. The number of hydrogen-bond acceptors (Lipinski definition) is 6. The Labute approximate surface area is 188 Å². The molecule has 0 atom stereocenters. The van der Waals surface area contributed by atoms with Gasteiger partial charge in [0.25, 0.3) is 5.91 Å². The average molecular weight is 449 g/mol. The average Bonchev–Trinajstić information content (AvgIpc) is 3.28. The van der Waals surface area contributed by atoms with Crippen LogP contribution in [0, 0.1) is 0 Å². The van der Waals surface area contributed by atoms with Gasteiger partial charge < -0.3 is 10.1 Å². The van der Waals surface area contributed by atoms with Crippen LogP contribution in [0.4, 0.5) is 5.69 Å². The van der Waals surface area contributed by atoms with E-state index in [0.717, 1.165) is 16.1 Å². The minimum atomic E-state index is -0.248. The third-order valence-electron chi connectivity index (χ3n) is 4.37. The number of amides is 1. The van der Waals surface area contributed by atoms with E-state index in [-0.39, 0.29) is 5.91 Å². The lowest BCUT2D eigenvalue weighted by Crippen LogP contribution is -2.12. The van der Waals surface area contributed by atoms with Crippen molar-refractivity contribution in [3.63, 3.8) is 0 Å². The summed E-state index contributed by atoms with van der Waals surface area (Å²) in [5.74, 6) is 0.274. The molecule has 0 aliphatic rings. The summed E-state index contributed by atoms with van der Waals surface area (Å²) < 4.78 is 5.60. The van der Waals surface area contributed by atoms with Gasteiger partial charge in [0.15, 0.2) is 10.8 Å². The van der Waals surface area contributed by atoms with Crippen LogP contribution in [0.25, 0.3) is 22.7 Å². The summed E-state index contributed by atoms with van der Waals surface area (Å²) in [6.45, 7) is 0. The summed E-state index contributed by atoms with van der Waals surface area (Å²) in [6.07, 6.45) is 6.99. The van der Waals surface area contributed by atoms with E-state index in [2.05, 4.69) is 20.5 Å². The molecule has 0 unspecified atom stereocenters. The van der Waals surface area contributed by atoms with Crippen molar-refractivity contribution in [3.05, 3.63) is 88.1 Å². The van der Waals surface area contributed by atoms with E-state index < -0.39 is 0 Å². The molecule has 4 rings (SSSR count). The predicted octanol–water partition coefficient (Wildman–Crippen LogP) is 5.68. The minimum Gasteiger partial charge on any atom is -0.494 e. The topological polar surface area (TPSA) is 77.0 Å². The second kappa shape index (κ2) is 9.51. The Hall–Kier alpha value is -3.55. The van der Waals surface area contributed by atoms with Gasteiger partial charge in [0.2, 0.25) is 0 Å². The quantitative estimate of drug-likeness (QED) is 0.410. The molecule has 8 heteroatoms. The van der Waals surface area contributed by atoms with Crippen molar-refractivity contribution in [1.29, 1.82) is 0 Å². The van der Waals surface area contributed by atoms with Crippen LogP contribution in [0.3, 0.4) is 0 Å². The van der Waals surface area contributed by atoms with Crippen molar-refractivity contribution in [3.8, 4) is 16.3 Å². The van der Waals surface area contributed by atoms with Crippen molar-refractivity contribution in [2.45, 2.75) is 0 Å². The molecule has 1 amide bonds. The van der Waals surface area contributed by atoms with E-state index in [1.165, 1.54) is 11.3 Å². The molecule has 1 N–H and O–H groups in total. The normalized spacial score (nSPS) is 10.9. The molecule has 0 saturated carbocycles. The van der Waals surface area contributed by atoms with Gasteiger partial charge in [-0.2, -0.15) is 0 Å².